The molecule has 0 saturated carbocycles. The number of hydrogen-bond donors (Lipinski definition) is 2. The molecule has 1 rings (SSSR count). The molecule has 4 heteroatoms. The molecule has 0 aromatic heterocycles. The third kappa shape index (κ3) is 1.97. The minimum Gasteiger partial charge on any atom is -0.507 e. The maximum absolute atomic E-state index is 10.5. The number of rotatable bonds is 2. The molecule has 4 nitrogen and oxygen atoms in total. The molecule has 0 unspecified atom stereocenters. The van der Waals surface area contributed by atoms with Gasteiger partial charge in [-0.1, -0.05) is 6.07 Å². The van der Waals surface area contributed by atoms with Gasteiger partial charge in [-0.3, -0.25) is 0 Å². The highest BCUT2D eigenvalue weighted by Crippen LogP contribution is 2.18. The Bertz CT molecular complexity index is 379. The van der Waals surface area contributed by atoms with Crippen molar-refractivity contribution in [3.63, 3.8) is 0 Å². The predicted octanol–water partition coefficient (Wildman–Crippen LogP) is 1.16. The molecule has 0 heterocycles. The summed E-state index contributed by atoms with van der Waals surface area (Å²) in [5.74, 6) is -1.48. The van der Waals surface area contributed by atoms with Crippen LogP contribution in [0.25, 0.3) is 0 Å². The standard InChI is InChI=1S/C9H7NO3/c10-4-3-6-1-2-8(11)7(5-6)9(12)13/h1-2,5,11H,3H2,(H,12,13). The lowest BCUT2D eigenvalue weighted by molar-refractivity contribution is 0.0693. The Morgan fingerprint density at radius 3 is 2.77 bits per heavy atom. The van der Waals surface area contributed by atoms with Crippen molar-refractivity contribution in [3.8, 4) is 11.8 Å². The van der Waals surface area contributed by atoms with Crippen LogP contribution in [0.2, 0.25) is 0 Å². The molecule has 0 spiro atoms. The molecule has 0 radical (unpaired) electrons. The van der Waals surface area contributed by atoms with Gasteiger partial charge in [-0.05, 0) is 17.7 Å². The van der Waals surface area contributed by atoms with Gasteiger partial charge in [0, 0.05) is 0 Å². The van der Waals surface area contributed by atoms with Crippen LogP contribution in [-0.2, 0) is 6.42 Å². The molecule has 0 aliphatic rings. The summed E-state index contributed by atoms with van der Waals surface area (Å²) in [6.45, 7) is 0. The second kappa shape index (κ2) is 3.59. The van der Waals surface area contributed by atoms with Crippen LogP contribution < -0.4 is 0 Å². The van der Waals surface area contributed by atoms with Crippen molar-refractivity contribution in [2.45, 2.75) is 6.42 Å². The van der Waals surface area contributed by atoms with E-state index < -0.39 is 5.97 Å². The van der Waals surface area contributed by atoms with Crippen LogP contribution in [0.15, 0.2) is 18.2 Å². The summed E-state index contributed by atoms with van der Waals surface area (Å²) in [5, 5.41) is 26.1. The van der Waals surface area contributed by atoms with Crippen LogP contribution in [0.3, 0.4) is 0 Å². The zero-order chi connectivity index (χ0) is 9.84. The minimum atomic E-state index is -1.20. The summed E-state index contributed by atoms with van der Waals surface area (Å²) in [6.07, 6.45) is 0.139. The van der Waals surface area contributed by atoms with Gasteiger partial charge in [0.05, 0.1) is 12.5 Å². The lowest BCUT2D eigenvalue weighted by atomic mass is 10.1. The first kappa shape index (κ1) is 9.07. The van der Waals surface area contributed by atoms with Gasteiger partial charge in [0.2, 0.25) is 0 Å². The summed E-state index contributed by atoms with van der Waals surface area (Å²) >= 11 is 0. The van der Waals surface area contributed by atoms with E-state index in [1.165, 1.54) is 18.2 Å². The monoisotopic (exact) mass is 177 g/mol. The summed E-state index contributed by atoms with van der Waals surface area (Å²) in [5.41, 5.74) is 0.408. The summed E-state index contributed by atoms with van der Waals surface area (Å²) in [4.78, 5) is 10.5. The number of aromatic hydroxyl groups is 1. The van der Waals surface area contributed by atoms with E-state index in [2.05, 4.69) is 0 Å². The highest BCUT2D eigenvalue weighted by molar-refractivity contribution is 5.90. The van der Waals surface area contributed by atoms with Gasteiger partial charge < -0.3 is 10.2 Å². The Hall–Kier alpha value is -2.02. The van der Waals surface area contributed by atoms with Gasteiger partial charge in [0.15, 0.2) is 0 Å². The maximum atomic E-state index is 10.5. The highest BCUT2D eigenvalue weighted by Gasteiger charge is 2.09. The van der Waals surface area contributed by atoms with Crippen molar-refractivity contribution in [1.82, 2.24) is 0 Å². The highest BCUT2D eigenvalue weighted by atomic mass is 16.4. The maximum Gasteiger partial charge on any atom is 0.339 e. The van der Waals surface area contributed by atoms with Gasteiger partial charge in [-0.15, -0.1) is 0 Å². The van der Waals surface area contributed by atoms with E-state index in [1.54, 1.807) is 0 Å². The van der Waals surface area contributed by atoms with Crippen LogP contribution in [-0.4, -0.2) is 16.2 Å². The number of hydrogen-bond acceptors (Lipinski definition) is 3. The van der Waals surface area contributed by atoms with Gasteiger partial charge in [0.25, 0.3) is 0 Å². The van der Waals surface area contributed by atoms with Crippen LogP contribution in [0.5, 0.6) is 5.75 Å². The van der Waals surface area contributed by atoms with Gasteiger partial charge in [-0.2, -0.15) is 5.26 Å². The van der Waals surface area contributed by atoms with E-state index in [0.717, 1.165) is 0 Å². The Morgan fingerprint density at radius 1 is 1.54 bits per heavy atom. The van der Waals surface area contributed by atoms with Crippen LogP contribution >= 0.6 is 0 Å². The summed E-state index contributed by atoms with van der Waals surface area (Å²) in [7, 11) is 0. The molecule has 0 atom stereocenters. The molecule has 1 aromatic rings. The van der Waals surface area contributed by atoms with Crippen molar-refractivity contribution in [2.24, 2.45) is 0 Å². The van der Waals surface area contributed by atoms with Crippen LogP contribution in [0.1, 0.15) is 15.9 Å². The predicted molar refractivity (Wildman–Crippen MR) is 44.4 cm³/mol. The van der Waals surface area contributed by atoms with E-state index in [9.17, 15) is 4.79 Å². The molecule has 0 fully saturated rings. The molecule has 0 saturated heterocycles. The lowest BCUT2D eigenvalue weighted by Gasteiger charge is -2.00. The van der Waals surface area contributed by atoms with Gasteiger partial charge in [-0.25, -0.2) is 4.79 Å². The molecule has 0 bridgehead atoms. The second-order valence-electron chi connectivity index (χ2n) is 2.49. The van der Waals surface area contributed by atoms with E-state index >= 15 is 0 Å². The first-order chi connectivity index (χ1) is 6.15. The summed E-state index contributed by atoms with van der Waals surface area (Å²) in [6, 6.07) is 5.98. The SMILES string of the molecule is N#CCc1ccc(O)c(C(=O)O)c1. The fourth-order valence-corrected chi connectivity index (χ4v) is 0.956. The van der Waals surface area contributed by atoms with Crippen molar-refractivity contribution in [1.29, 1.82) is 5.26 Å². The topological polar surface area (TPSA) is 81.3 Å². The quantitative estimate of drug-likeness (QED) is 0.710. The lowest BCUT2D eigenvalue weighted by Crippen LogP contribution is -1.97. The third-order valence-corrected chi connectivity index (χ3v) is 1.57. The Labute approximate surface area is 74.7 Å². The third-order valence-electron chi connectivity index (χ3n) is 1.57. The normalized spacial score (nSPS) is 9.15. The Morgan fingerprint density at radius 2 is 2.23 bits per heavy atom. The molecule has 13 heavy (non-hydrogen) atoms. The van der Waals surface area contributed by atoms with Crippen molar-refractivity contribution < 1.29 is 15.0 Å². The summed E-state index contributed by atoms with van der Waals surface area (Å²) < 4.78 is 0. The number of phenols is 1. The van der Waals surface area contributed by atoms with Gasteiger partial charge >= 0.3 is 5.97 Å². The van der Waals surface area contributed by atoms with Crippen LogP contribution in [0, 0.1) is 11.3 Å². The first-order valence-corrected chi connectivity index (χ1v) is 3.57. The number of carboxylic acids is 1. The average Bonchev–Trinajstić information content (AvgIpc) is 2.08. The first-order valence-electron chi connectivity index (χ1n) is 3.57. The molecular formula is C9H7NO3. The number of nitriles is 1. The van der Waals surface area contributed by atoms with E-state index in [0.29, 0.717) is 5.56 Å². The molecule has 1 aromatic carbocycles. The molecule has 0 aliphatic carbocycles. The van der Waals surface area contributed by atoms with E-state index in [1.807, 2.05) is 6.07 Å². The number of benzene rings is 1. The molecule has 0 aliphatic heterocycles. The van der Waals surface area contributed by atoms with E-state index in [4.69, 9.17) is 15.5 Å². The number of carboxylic acid groups (broad SMARTS) is 1. The second-order valence-corrected chi connectivity index (χ2v) is 2.49. The average molecular weight is 177 g/mol. The van der Waals surface area contributed by atoms with Crippen LogP contribution in [0.4, 0.5) is 0 Å². The van der Waals surface area contributed by atoms with Gasteiger partial charge in [0.1, 0.15) is 11.3 Å². The van der Waals surface area contributed by atoms with E-state index in [-0.39, 0.29) is 17.7 Å². The van der Waals surface area contributed by atoms with Crippen molar-refractivity contribution >= 4 is 5.97 Å². The molecule has 2 N–H and O–H groups in total. The Kier molecular flexibility index (Phi) is 2.50. The molecule has 0 amide bonds. The molecule has 66 valence electrons. The largest absolute Gasteiger partial charge is 0.507 e. The number of carbonyl (C=O) groups is 1. The fraction of sp³-hybridized carbons (Fsp3) is 0.111. The minimum absolute atomic E-state index is 0.139. The zero-order valence-corrected chi connectivity index (χ0v) is 6.69. The number of aromatic carboxylic acids is 1. The fourth-order valence-electron chi connectivity index (χ4n) is 0.956. The number of nitrogens with zero attached hydrogens (tertiary/aromatic N) is 1. The Balaban J connectivity index is 3.13. The smallest absolute Gasteiger partial charge is 0.339 e. The van der Waals surface area contributed by atoms with Crippen molar-refractivity contribution in [3.05, 3.63) is 29.3 Å². The van der Waals surface area contributed by atoms with Crippen molar-refractivity contribution in [2.75, 3.05) is 0 Å². The molecular weight excluding hydrogens is 170 g/mol. The zero-order valence-electron chi connectivity index (χ0n) is 6.69.